The molecule has 0 saturated carbocycles. The molecule has 0 atom stereocenters. The first-order chi connectivity index (χ1) is 5.85. The lowest BCUT2D eigenvalue weighted by molar-refractivity contribution is -0.938. The third-order valence-electron chi connectivity index (χ3n) is 3.66. The molecule has 3 saturated heterocycles. The summed E-state index contributed by atoms with van der Waals surface area (Å²) in [5, 5.41) is 0. The van der Waals surface area contributed by atoms with Crippen LogP contribution >= 0.6 is 0 Å². The Morgan fingerprint density at radius 1 is 1.08 bits per heavy atom. The van der Waals surface area contributed by atoms with Crippen molar-refractivity contribution in [3.8, 4) is 0 Å². The Kier molecular flexibility index (Phi) is 2.37. The number of rotatable bonds is 3. The molecule has 3 fully saturated rings. The third kappa shape index (κ3) is 1.50. The van der Waals surface area contributed by atoms with Crippen molar-refractivity contribution < 1.29 is 4.48 Å². The predicted octanol–water partition coefficient (Wildman–Crippen LogP) is 0.771. The van der Waals surface area contributed by atoms with E-state index in [9.17, 15) is 0 Å². The van der Waals surface area contributed by atoms with Crippen molar-refractivity contribution in [3.63, 3.8) is 0 Å². The maximum Gasteiger partial charge on any atom is 0.172 e. The van der Waals surface area contributed by atoms with E-state index in [0.29, 0.717) is 0 Å². The zero-order chi connectivity index (χ0) is 8.44. The zero-order valence-corrected chi connectivity index (χ0v) is 8.26. The van der Waals surface area contributed by atoms with Crippen LogP contribution in [0.5, 0.6) is 0 Å². The van der Waals surface area contributed by atoms with Crippen LogP contribution in [0.25, 0.3) is 0 Å². The van der Waals surface area contributed by atoms with Crippen LogP contribution in [0.15, 0.2) is 0 Å². The van der Waals surface area contributed by atoms with Gasteiger partial charge in [0.15, 0.2) is 19.6 Å². The first kappa shape index (κ1) is 8.52. The summed E-state index contributed by atoms with van der Waals surface area (Å²) >= 11 is 0. The van der Waals surface area contributed by atoms with Crippen molar-refractivity contribution in [3.05, 3.63) is 0 Å². The summed E-state index contributed by atoms with van der Waals surface area (Å²) < 4.78 is 1.45. The molecule has 0 spiro atoms. The first-order valence-electron chi connectivity index (χ1n) is 5.42. The Balaban J connectivity index is 1.90. The van der Waals surface area contributed by atoms with Gasteiger partial charge in [-0.05, 0) is 6.42 Å². The number of hydrogen-bond donors (Lipinski definition) is 0. The SMILES string of the molecule is CCCC[N+]12CC[N+](CC1)CC2. The van der Waals surface area contributed by atoms with E-state index in [0.717, 1.165) is 0 Å². The van der Waals surface area contributed by atoms with Gasteiger partial charge in [-0.1, -0.05) is 13.3 Å². The highest BCUT2D eigenvalue weighted by molar-refractivity contribution is 4.75. The van der Waals surface area contributed by atoms with E-state index >= 15 is 0 Å². The van der Waals surface area contributed by atoms with Crippen molar-refractivity contribution >= 4 is 0 Å². The van der Waals surface area contributed by atoms with Gasteiger partial charge >= 0.3 is 0 Å². The summed E-state index contributed by atoms with van der Waals surface area (Å²) in [5.41, 5.74) is 0. The molecule has 0 amide bonds. The Morgan fingerprint density at radius 3 is 2.17 bits per heavy atom. The van der Waals surface area contributed by atoms with Crippen molar-refractivity contribution in [1.82, 2.24) is 4.90 Å². The van der Waals surface area contributed by atoms with Crippen LogP contribution in [0.1, 0.15) is 19.8 Å². The second-order valence-corrected chi connectivity index (χ2v) is 4.43. The molecule has 0 N–H and O–H groups in total. The molecule has 3 aliphatic heterocycles. The van der Waals surface area contributed by atoms with Crippen molar-refractivity contribution in [1.29, 1.82) is 0 Å². The molecular formula is C10H21N2+2. The number of unbranched alkanes of at least 4 members (excludes halogenated alkanes) is 1. The second-order valence-electron chi connectivity index (χ2n) is 4.43. The topological polar surface area (TPSA) is 5.90 Å². The lowest BCUT2D eigenvalue weighted by atomic mass is 10.1. The van der Waals surface area contributed by atoms with Gasteiger partial charge in [-0.15, -0.1) is 0 Å². The van der Waals surface area contributed by atoms with Gasteiger partial charge in [-0.2, -0.15) is 4.90 Å². The number of quaternary nitrogens is 1. The smallest absolute Gasteiger partial charge is 0.172 e. The molecule has 2 bridgehead atoms. The summed E-state index contributed by atoms with van der Waals surface area (Å²) in [4.78, 5) is 2.62. The van der Waals surface area contributed by atoms with E-state index < -0.39 is 0 Å². The van der Waals surface area contributed by atoms with Gasteiger partial charge in [0.1, 0.15) is 19.6 Å². The molecule has 0 aliphatic carbocycles. The van der Waals surface area contributed by atoms with E-state index in [1.807, 2.05) is 0 Å². The minimum atomic E-state index is 1.36. The predicted molar refractivity (Wildman–Crippen MR) is 51.4 cm³/mol. The minimum absolute atomic E-state index is 1.36. The van der Waals surface area contributed by atoms with Crippen LogP contribution in [0.2, 0.25) is 0 Å². The molecule has 0 aromatic carbocycles. The molecule has 12 heavy (non-hydrogen) atoms. The van der Waals surface area contributed by atoms with E-state index in [4.69, 9.17) is 0 Å². The zero-order valence-electron chi connectivity index (χ0n) is 8.26. The average Bonchev–Trinajstić information content (AvgIpc) is 2.18. The Morgan fingerprint density at radius 2 is 1.67 bits per heavy atom. The summed E-state index contributed by atoms with van der Waals surface area (Å²) in [6.45, 7) is 12.1. The van der Waals surface area contributed by atoms with Crippen LogP contribution in [-0.2, 0) is 0 Å². The van der Waals surface area contributed by atoms with Crippen molar-refractivity contribution in [2.45, 2.75) is 19.8 Å². The average molecular weight is 169 g/mol. The highest BCUT2D eigenvalue weighted by Crippen LogP contribution is 2.18. The lowest BCUT2D eigenvalue weighted by Gasteiger charge is -2.45. The highest BCUT2D eigenvalue weighted by atomic mass is 15.4. The molecular weight excluding hydrogens is 148 g/mol. The lowest BCUT2D eigenvalue weighted by Crippen LogP contribution is -2.69. The quantitative estimate of drug-likeness (QED) is 0.435. The largest absolute Gasteiger partial charge is 0.309 e. The summed E-state index contributed by atoms with van der Waals surface area (Å²) in [5.74, 6) is 0. The van der Waals surface area contributed by atoms with Gasteiger partial charge < -0.3 is 4.48 Å². The fraction of sp³-hybridized carbons (Fsp3) is 1.00. The van der Waals surface area contributed by atoms with Gasteiger partial charge in [-0.3, -0.25) is 0 Å². The Bertz CT molecular complexity index is 134. The molecule has 1 radical (unpaired) electrons. The maximum atomic E-state index is 2.62. The molecule has 69 valence electrons. The van der Waals surface area contributed by atoms with E-state index in [1.54, 1.807) is 0 Å². The van der Waals surface area contributed by atoms with Gasteiger partial charge in [0.05, 0.1) is 6.54 Å². The van der Waals surface area contributed by atoms with Gasteiger partial charge in [0.2, 0.25) is 0 Å². The summed E-state index contributed by atoms with van der Waals surface area (Å²) in [6.07, 6.45) is 2.80. The molecule has 2 nitrogen and oxygen atoms in total. The van der Waals surface area contributed by atoms with Gasteiger partial charge in [0, 0.05) is 0 Å². The van der Waals surface area contributed by atoms with Crippen LogP contribution in [0.3, 0.4) is 0 Å². The Hall–Kier alpha value is -0.0800. The van der Waals surface area contributed by atoms with Crippen molar-refractivity contribution in [2.24, 2.45) is 0 Å². The fourth-order valence-electron chi connectivity index (χ4n) is 2.56. The number of hydrogen-bond acceptors (Lipinski definition) is 1. The standard InChI is InChI=1S/C10H21N2/c1-2-3-7-12-8-4-11(5-9-12)6-10-12/h2-10H2,1H3/q+2. The molecule has 3 rings (SSSR count). The van der Waals surface area contributed by atoms with Gasteiger partial charge in [-0.25, -0.2) is 0 Å². The first-order valence-corrected chi connectivity index (χ1v) is 5.42. The molecule has 0 aromatic rings. The van der Waals surface area contributed by atoms with Crippen LogP contribution in [-0.4, -0.2) is 50.3 Å². The molecule has 3 heterocycles. The summed E-state index contributed by atoms with van der Waals surface area (Å²) in [7, 11) is 0. The monoisotopic (exact) mass is 169 g/mol. The van der Waals surface area contributed by atoms with Crippen LogP contribution < -0.4 is 4.90 Å². The molecule has 0 unspecified atom stereocenters. The number of nitrogens with zero attached hydrogens (tertiary/aromatic N) is 2. The fourth-order valence-corrected chi connectivity index (χ4v) is 2.56. The normalized spacial score (nSPS) is 40.2. The Labute approximate surface area is 75.7 Å². The van der Waals surface area contributed by atoms with E-state index in [2.05, 4.69) is 11.8 Å². The van der Waals surface area contributed by atoms with Crippen LogP contribution in [0, 0.1) is 0 Å². The van der Waals surface area contributed by atoms with Crippen LogP contribution in [0.4, 0.5) is 0 Å². The molecule has 0 aromatic heterocycles. The van der Waals surface area contributed by atoms with E-state index in [-0.39, 0.29) is 0 Å². The number of fused-ring (bicyclic) bond motifs is 3. The third-order valence-corrected chi connectivity index (χ3v) is 3.66. The van der Waals surface area contributed by atoms with Crippen molar-refractivity contribution in [2.75, 3.05) is 45.8 Å². The van der Waals surface area contributed by atoms with Gasteiger partial charge in [0.25, 0.3) is 0 Å². The molecule has 2 heteroatoms. The second kappa shape index (κ2) is 3.35. The van der Waals surface area contributed by atoms with E-state index in [1.165, 1.54) is 63.1 Å². The maximum absolute atomic E-state index is 2.62. The number of piperazine rings is 3. The summed E-state index contributed by atoms with van der Waals surface area (Å²) in [6, 6.07) is 0. The minimum Gasteiger partial charge on any atom is -0.309 e. The highest BCUT2D eigenvalue weighted by Gasteiger charge is 2.43. The molecule has 3 aliphatic rings.